The number of carbonyl (C=O) groups is 2. The van der Waals surface area contributed by atoms with E-state index in [1.54, 1.807) is 19.2 Å². The van der Waals surface area contributed by atoms with Crippen molar-refractivity contribution in [2.24, 2.45) is 5.11 Å². The van der Waals surface area contributed by atoms with E-state index < -0.39 is 5.91 Å². The highest BCUT2D eigenvalue weighted by Crippen LogP contribution is 2.36. The molecule has 38 heavy (non-hydrogen) atoms. The smallest absolute Gasteiger partial charge is 0.249 e. The number of nitrogens with zero attached hydrogens (tertiary/aromatic N) is 3. The van der Waals surface area contributed by atoms with E-state index in [0.29, 0.717) is 11.3 Å². The fourth-order valence-corrected chi connectivity index (χ4v) is 3.46. The van der Waals surface area contributed by atoms with Crippen LogP contribution in [0.25, 0.3) is 16.5 Å². The number of benzene rings is 2. The number of carbonyl (C=O) groups excluding carboxylic acids is 2. The van der Waals surface area contributed by atoms with Crippen LogP contribution in [0.4, 0.5) is 11.4 Å². The van der Waals surface area contributed by atoms with Gasteiger partial charge in [0.1, 0.15) is 17.2 Å². The van der Waals surface area contributed by atoms with Crippen LogP contribution in [-0.2, 0) is 10.2 Å². The van der Waals surface area contributed by atoms with Crippen molar-refractivity contribution >= 4 is 29.1 Å². The fraction of sp³-hybridized carbons (Fsp3) is 0.467. The number of amides is 1. The molecule has 8 nitrogen and oxygen atoms in total. The minimum absolute atomic E-state index is 0.167. The Bertz CT molecular complexity index is 1070. The fourth-order valence-electron chi connectivity index (χ4n) is 3.46. The first-order valence-corrected chi connectivity index (χ1v) is 13.3. The van der Waals surface area contributed by atoms with Gasteiger partial charge in [0.05, 0.1) is 13.7 Å². The lowest BCUT2D eigenvalue weighted by molar-refractivity contribution is -0.568. The van der Waals surface area contributed by atoms with Crippen molar-refractivity contribution in [1.82, 2.24) is 0 Å². The molecule has 0 spiro atoms. The van der Waals surface area contributed by atoms with E-state index >= 15 is 0 Å². The number of methoxy groups -OCH3 is 1. The maximum atomic E-state index is 12.1. The Morgan fingerprint density at radius 2 is 1.71 bits per heavy atom. The average molecular weight is 527 g/mol. The molecule has 0 aliphatic carbocycles. The Kier molecular flexibility index (Phi) is 19.7. The molecule has 8 heteroatoms. The zero-order valence-electron chi connectivity index (χ0n) is 25.0. The van der Waals surface area contributed by atoms with Gasteiger partial charge in [-0.3, -0.25) is 4.79 Å². The molecule has 0 saturated carbocycles. The van der Waals surface area contributed by atoms with E-state index in [9.17, 15) is 9.59 Å². The van der Waals surface area contributed by atoms with Gasteiger partial charge in [-0.25, -0.2) is 0 Å². The van der Waals surface area contributed by atoms with Crippen LogP contribution < -0.4 is 15.8 Å². The first-order chi connectivity index (χ1) is 18.1. The largest absolute Gasteiger partial charge is 0.496 e. The van der Waals surface area contributed by atoms with Crippen molar-refractivity contribution in [1.29, 1.82) is 0 Å². The minimum atomic E-state index is -0.567. The Hall–Kier alpha value is -3.61. The molecule has 0 fully saturated rings. The summed E-state index contributed by atoms with van der Waals surface area (Å²) < 4.78 is 5.42. The Morgan fingerprint density at radius 1 is 1.11 bits per heavy atom. The maximum Gasteiger partial charge on any atom is 0.249 e. The molecule has 0 aromatic heterocycles. The summed E-state index contributed by atoms with van der Waals surface area (Å²) in [5, 5.41) is 5.39. The summed E-state index contributed by atoms with van der Waals surface area (Å²) in [5.74, 6) is 0.328. The monoisotopic (exact) mass is 526 g/mol. The number of quaternary nitrogens is 1. The van der Waals surface area contributed by atoms with E-state index in [4.69, 9.17) is 16.0 Å². The van der Waals surface area contributed by atoms with Crippen LogP contribution in [0.15, 0.2) is 47.6 Å². The average Bonchev–Trinajstić information content (AvgIpc) is 2.91. The van der Waals surface area contributed by atoms with Crippen molar-refractivity contribution in [3.05, 3.63) is 69.6 Å². The molecule has 0 aliphatic heterocycles. The molecular weight excluding hydrogens is 478 g/mol. The van der Waals surface area contributed by atoms with E-state index in [1.807, 2.05) is 58.0 Å². The highest BCUT2D eigenvalue weighted by Gasteiger charge is 2.29. The first-order valence-electron chi connectivity index (χ1n) is 13.3. The van der Waals surface area contributed by atoms with E-state index in [-0.39, 0.29) is 11.2 Å². The number of nitrogens with two attached hydrogens (primary N) is 2. The van der Waals surface area contributed by atoms with Gasteiger partial charge in [0.25, 0.3) is 0 Å². The van der Waals surface area contributed by atoms with Gasteiger partial charge in [0.2, 0.25) is 5.91 Å². The number of ether oxygens (including phenoxy) is 1. The third-order valence-corrected chi connectivity index (χ3v) is 5.41. The number of anilines is 1. The Morgan fingerprint density at radius 3 is 2.21 bits per heavy atom. The van der Waals surface area contributed by atoms with Gasteiger partial charge in [-0.1, -0.05) is 53.7 Å². The van der Waals surface area contributed by atoms with E-state index in [2.05, 4.69) is 42.2 Å². The second-order valence-corrected chi connectivity index (χ2v) is 8.34. The third-order valence-electron chi connectivity index (χ3n) is 5.41. The number of nitrogen functional groups attached to an aromatic ring is 1. The lowest BCUT2D eigenvalue weighted by Crippen LogP contribution is -2.78. The van der Waals surface area contributed by atoms with Crippen LogP contribution >= 0.6 is 0 Å². The Balaban J connectivity index is 0. The number of hydrogen-bond acceptors (Lipinski definition) is 4. The van der Waals surface area contributed by atoms with Gasteiger partial charge >= 0.3 is 0 Å². The third kappa shape index (κ3) is 12.6. The first kappa shape index (κ1) is 36.5. The number of rotatable bonds is 9. The van der Waals surface area contributed by atoms with Crippen molar-refractivity contribution in [3.63, 3.8) is 0 Å². The van der Waals surface area contributed by atoms with Gasteiger partial charge < -0.3 is 20.6 Å². The molecule has 0 aliphatic rings. The van der Waals surface area contributed by atoms with Crippen LogP contribution in [0.3, 0.4) is 0 Å². The molecule has 1 unspecified atom stereocenters. The number of azide groups is 1. The number of allylic oxidation sites excluding steroid dienone is 1. The van der Waals surface area contributed by atoms with Crippen LogP contribution in [0.1, 0.15) is 96.6 Å². The standard InChI is InChI=1S/C23H29N5O2.C3H6O.2C2H6/c1-5-23(3,13-7-8-16-9-11-18(24)15-21(16)30-4)19-14-17(22(29)27-28-25)10-12-20(19)26-6-2;1-3(2)4;2*1-2/h7-12,14-15,26H,5-6,13,24H2,1-4H3;1-2H3;2*1-2H3/p+1/b8-7+;;;. The van der Waals surface area contributed by atoms with Gasteiger partial charge in [0.15, 0.2) is 0 Å². The predicted molar refractivity (Wildman–Crippen MR) is 160 cm³/mol. The van der Waals surface area contributed by atoms with Crippen LogP contribution in [0.5, 0.6) is 5.75 Å². The molecule has 0 saturated heterocycles. The highest BCUT2D eigenvalue weighted by atomic mass is 16.5. The van der Waals surface area contributed by atoms with E-state index in [1.165, 1.54) is 13.8 Å². The molecule has 4 N–H and O–H groups in total. The summed E-state index contributed by atoms with van der Waals surface area (Å²) in [6.07, 6.45) is 5.79. The molecule has 0 heterocycles. The number of hydrogen-bond donors (Lipinski definition) is 2. The minimum Gasteiger partial charge on any atom is -0.496 e. The summed E-state index contributed by atoms with van der Waals surface area (Å²) >= 11 is 0. The zero-order valence-corrected chi connectivity index (χ0v) is 25.0. The van der Waals surface area contributed by atoms with Gasteiger partial charge in [-0.15, -0.1) is 0 Å². The van der Waals surface area contributed by atoms with Gasteiger partial charge in [-0.2, -0.15) is 0 Å². The topological polar surface area (TPSA) is 135 Å². The lowest BCUT2D eigenvalue weighted by Gasteiger charge is -2.29. The maximum absolute atomic E-state index is 12.1. The van der Waals surface area contributed by atoms with Crippen molar-refractivity contribution < 1.29 is 19.6 Å². The lowest BCUT2D eigenvalue weighted by atomic mass is 9.75. The molecule has 2 aromatic rings. The van der Waals surface area contributed by atoms with Crippen molar-refractivity contribution in [2.75, 3.05) is 19.4 Å². The SMILES string of the molecule is CC.CC.CC(C)=O.CC[NH2+]c1ccc(C(=O)N=[N+]=[N-])cc1C(C)(CC)C/C=C/c1ccc(N)cc1OC. The molecule has 2 aromatic carbocycles. The summed E-state index contributed by atoms with van der Waals surface area (Å²) in [6, 6.07) is 11.1. The van der Waals surface area contributed by atoms with E-state index in [0.717, 1.165) is 42.0 Å². The predicted octanol–water partition coefficient (Wildman–Crippen LogP) is 7.36. The molecular formula is C30H48N5O3+. The Labute approximate surface area is 229 Å². The number of Topliss-reactive ketones (excluding diaryl/α,β-unsaturated/α-hetero) is 1. The highest BCUT2D eigenvalue weighted by molar-refractivity contribution is 5.95. The quantitative estimate of drug-likeness (QED) is 0.153. The molecule has 1 atom stereocenters. The van der Waals surface area contributed by atoms with Crippen LogP contribution in [0.2, 0.25) is 0 Å². The van der Waals surface area contributed by atoms with Gasteiger partial charge in [-0.05, 0) is 74.6 Å². The molecule has 2 rings (SSSR count). The second-order valence-electron chi connectivity index (χ2n) is 8.34. The summed E-state index contributed by atoms with van der Waals surface area (Å²) in [5.41, 5.74) is 18.4. The van der Waals surface area contributed by atoms with Crippen LogP contribution in [0, 0.1) is 0 Å². The molecule has 0 bridgehead atoms. The zero-order chi connectivity index (χ0) is 29.7. The van der Waals surface area contributed by atoms with Gasteiger partial charge in [0, 0.05) is 38.8 Å². The summed E-state index contributed by atoms with van der Waals surface area (Å²) in [4.78, 5) is 24.2. The summed E-state index contributed by atoms with van der Waals surface area (Å²) in [7, 11) is 1.63. The molecule has 1 amide bonds. The second kappa shape index (κ2) is 20.4. The van der Waals surface area contributed by atoms with Crippen LogP contribution in [-0.4, -0.2) is 25.3 Å². The molecule has 210 valence electrons. The number of ketones is 1. The van der Waals surface area contributed by atoms with Crippen molar-refractivity contribution in [2.45, 2.75) is 80.6 Å². The summed E-state index contributed by atoms with van der Waals surface area (Å²) in [6.45, 7) is 18.3. The molecule has 0 radical (unpaired) electrons. The normalized spacial score (nSPS) is 11.2. The van der Waals surface area contributed by atoms with Crippen molar-refractivity contribution in [3.8, 4) is 5.75 Å².